The molecule has 1 heterocycles. The number of aromatic nitrogens is 3. The molecule has 74 valence electrons. The van der Waals surface area contributed by atoms with Crippen molar-refractivity contribution in [3.8, 4) is 0 Å². The Morgan fingerprint density at radius 1 is 1.64 bits per heavy atom. The minimum Gasteiger partial charge on any atom is -0.294 e. The van der Waals surface area contributed by atoms with Gasteiger partial charge in [0.05, 0.1) is 12.1 Å². The lowest BCUT2D eigenvalue weighted by molar-refractivity contribution is -0.115. The lowest BCUT2D eigenvalue weighted by atomic mass is 10.1. The molecule has 0 atom stereocenters. The van der Waals surface area contributed by atoms with Gasteiger partial charge in [-0.2, -0.15) is 0 Å². The number of Topliss-reactive ketones (excluding diaryl/α,β-unsaturated/α-hetero) is 1. The third kappa shape index (κ3) is 1.89. The van der Waals surface area contributed by atoms with Crippen molar-refractivity contribution in [3.05, 3.63) is 23.5 Å². The van der Waals surface area contributed by atoms with Gasteiger partial charge in [0.2, 0.25) is 0 Å². The Morgan fingerprint density at radius 3 is 3.07 bits per heavy atom. The van der Waals surface area contributed by atoms with Crippen molar-refractivity contribution in [1.29, 1.82) is 0 Å². The van der Waals surface area contributed by atoms with Gasteiger partial charge >= 0.3 is 0 Å². The molecule has 2 rings (SSSR count). The van der Waals surface area contributed by atoms with E-state index in [1.165, 1.54) is 0 Å². The maximum absolute atomic E-state index is 11.7. The van der Waals surface area contributed by atoms with E-state index in [4.69, 9.17) is 0 Å². The van der Waals surface area contributed by atoms with Gasteiger partial charge in [0.25, 0.3) is 0 Å². The Balaban J connectivity index is 2.01. The average molecular weight is 191 g/mol. The number of ketones is 1. The zero-order valence-electron chi connectivity index (χ0n) is 8.23. The number of aryl methyl sites for hydroxylation is 1. The molecule has 1 aromatic rings. The first-order chi connectivity index (χ1) is 6.75. The minimum absolute atomic E-state index is 0.197. The van der Waals surface area contributed by atoms with Crippen LogP contribution < -0.4 is 0 Å². The number of nitrogens with zero attached hydrogens (tertiary/aromatic N) is 3. The van der Waals surface area contributed by atoms with Crippen LogP contribution in [0, 0.1) is 0 Å². The fraction of sp³-hybridized carbons (Fsp3) is 0.500. The maximum Gasteiger partial charge on any atom is 0.164 e. The van der Waals surface area contributed by atoms with Crippen LogP contribution >= 0.6 is 0 Å². The molecule has 0 spiro atoms. The van der Waals surface area contributed by atoms with E-state index >= 15 is 0 Å². The summed E-state index contributed by atoms with van der Waals surface area (Å²) in [5.41, 5.74) is 1.72. The normalized spacial score (nSPS) is 15.6. The molecule has 4 heteroatoms. The van der Waals surface area contributed by atoms with E-state index in [9.17, 15) is 4.79 Å². The molecular weight excluding hydrogens is 178 g/mol. The van der Waals surface area contributed by atoms with E-state index in [2.05, 4.69) is 10.3 Å². The van der Waals surface area contributed by atoms with E-state index in [0.717, 1.165) is 30.5 Å². The minimum atomic E-state index is 0.197. The molecule has 1 aliphatic carbocycles. The second-order valence-corrected chi connectivity index (χ2v) is 3.61. The highest BCUT2D eigenvalue weighted by molar-refractivity contribution is 5.96. The highest BCUT2D eigenvalue weighted by Gasteiger charge is 2.14. The lowest BCUT2D eigenvalue weighted by Crippen LogP contribution is -2.05. The summed E-state index contributed by atoms with van der Waals surface area (Å²) in [7, 11) is 1.80. The van der Waals surface area contributed by atoms with Crippen LogP contribution in [0.25, 0.3) is 0 Å². The zero-order chi connectivity index (χ0) is 9.97. The highest BCUT2D eigenvalue weighted by atomic mass is 16.1. The maximum atomic E-state index is 11.7. The molecule has 4 nitrogen and oxygen atoms in total. The Hall–Kier alpha value is -1.45. The lowest BCUT2D eigenvalue weighted by Gasteiger charge is -1.97. The smallest absolute Gasteiger partial charge is 0.164 e. The fourth-order valence-electron chi connectivity index (χ4n) is 1.68. The standard InChI is InChI=1S/C10H13N3O/c1-13-7-9(11-12-13)6-10(14)8-4-2-3-5-8/h4,7H,2-3,5-6H2,1H3. The van der Waals surface area contributed by atoms with Crippen LogP contribution in [0.2, 0.25) is 0 Å². The Morgan fingerprint density at radius 2 is 2.50 bits per heavy atom. The predicted octanol–water partition coefficient (Wildman–Crippen LogP) is 1.04. The summed E-state index contributed by atoms with van der Waals surface area (Å²) in [6.45, 7) is 0. The van der Waals surface area contributed by atoms with Crippen LogP contribution in [0.1, 0.15) is 25.0 Å². The summed E-state index contributed by atoms with van der Waals surface area (Å²) < 4.78 is 1.62. The van der Waals surface area contributed by atoms with Gasteiger partial charge in [-0.05, 0) is 24.8 Å². The monoisotopic (exact) mass is 191 g/mol. The van der Waals surface area contributed by atoms with E-state index < -0.39 is 0 Å². The Bertz CT molecular complexity index is 378. The van der Waals surface area contributed by atoms with Crippen LogP contribution in [0.5, 0.6) is 0 Å². The SMILES string of the molecule is Cn1cc(CC(=O)C2=CCCC2)nn1. The third-order valence-corrected chi connectivity index (χ3v) is 2.39. The topological polar surface area (TPSA) is 47.8 Å². The molecular formula is C10H13N3O. The molecule has 0 unspecified atom stereocenters. The number of carbonyl (C=O) groups excluding carboxylic acids is 1. The van der Waals surface area contributed by atoms with Crippen molar-refractivity contribution >= 4 is 5.78 Å². The first kappa shape index (κ1) is 9.12. The molecule has 0 N–H and O–H groups in total. The Kier molecular flexibility index (Phi) is 2.43. The van der Waals surface area contributed by atoms with Crippen molar-refractivity contribution in [2.75, 3.05) is 0 Å². The van der Waals surface area contributed by atoms with E-state index in [-0.39, 0.29) is 5.78 Å². The van der Waals surface area contributed by atoms with E-state index in [1.807, 2.05) is 6.08 Å². The molecule has 0 saturated heterocycles. The molecule has 0 bridgehead atoms. The summed E-state index contributed by atoms with van der Waals surface area (Å²) in [6, 6.07) is 0. The molecule has 0 amide bonds. The zero-order valence-corrected chi connectivity index (χ0v) is 8.23. The van der Waals surface area contributed by atoms with Crippen molar-refractivity contribution in [3.63, 3.8) is 0 Å². The van der Waals surface area contributed by atoms with Gasteiger partial charge in [0.1, 0.15) is 0 Å². The largest absolute Gasteiger partial charge is 0.294 e. The first-order valence-electron chi connectivity index (χ1n) is 4.83. The van der Waals surface area contributed by atoms with E-state index in [0.29, 0.717) is 6.42 Å². The summed E-state index contributed by atoms with van der Waals surface area (Å²) in [6.07, 6.45) is 7.30. The number of hydrogen-bond acceptors (Lipinski definition) is 3. The van der Waals surface area contributed by atoms with Crippen molar-refractivity contribution in [2.24, 2.45) is 7.05 Å². The molecule has 14 heavy (non-hydrogen) atoms. The van der Waals surface area contributed by atoms with Crippen LogP contribution in [-0.2, 0) is 18.3 Å². The van der Waals surface area contributed by atoms with Gasteiger partial charge in [-0.25, -0.2) is 0 Å². The predicted molar refractivity (Wildman–Crippen MR) is 51.6 cm³/mol. The summed E-state index contributed by atoms with van der Waals surface area (Å²) in [4.78, 5) is 11.7. The molecule has 1 aliphatic rings. The first-order valence-corrected chi connectivity index (χ1v) is 4.83. The van der Waals surface area contributed by atoms with Gasteiger partial charge in [0, 0.05) is 13.2 Å². The highest BCUT2D eigenvalue weighted by Crippen LogP contribution is 2.19. The number of carbonyl (C=O) groups is 1. The summed E-state index contributed by atoms with van der Waals surface area (Å²) >= 11 is 0. The summed E-state index contributed by atoms with van der Waals surface area (Å²) in [5, 5.41) is 7.68. The van der Waals surface area contributed by atoms with Crippen LogP contribution in [0.3, 0.4) is 0 Å². The fourth-order valence-corrected chi connectivity index (χ4v) is 1.68. The molecule has 1 aromatic heterocycles. The van der Waals surface area contributed by atoms with Crippen LogP contribution in [-0.4, -0.2) is 20.8 Å². The van der Waals surface area contributed by atoms with Gasteiger partial charge in [0.15, 0.2) is 5.78 Å². The molecule has 0 fully saturated rings. The number of allylic oxidation sites excluding steroid dienone is 2. The quantitative estimate of drug-likeness (QED) is 0.717. The van der Waals surface area contributed by atoms with E-state index in [1.54, 1.807) is 17.9 Å². The number of hydrogen-bond donors (Lipinski definition) is 0. The van der Waals surface area contributed by atoms with Gasteiger partial charge in [-0.1, -0.05) is 11.3 Å². The molecule has 0 radical (unpaired) electrons. The second kappa shape index (κ2) is 3.74. The Labute approximate surface area is 82.6 Å². The molecule has 0 aromatic carbocycles. The summed E-state index contributed by atoms with van der Waals surface area (Å²) in [5.74, 6) is 0.197. The van der Waals surface area contributed by atoms with Gasteiger partial charge in [-0.15, -0.1) is 5.10 Å². The number of rotatable bonds is 3. The molecule has 0 saturated carbocycles. The molecule has 0 aliphatic heterocycles. The van der Waals surface area contributed by atoms with Gasteiger partial charge < -0.3 is 0 Å². The van der Waals surface area contributed by atoms with Crippen LogP contribution in [0.4, 0.5) is 0 Å². The second-order valence-electron chi connectivity index (χ2n) is 3.61. The van der Waals surface area contributed by atoms with Crippen molar-refractivity contribution in [2.45, 2.75) is 25.7 Å². The average Bonchev–Trinajstić information content (AvgIpc) is 2.75. The third-order valence-electron chi connectivity index (χ3n) is 2.39. The van der Waals surface area contributed by atoms with Crippen molar-refractivity contribution in [1.82, 2.24) is 15.0 Å². The van der Waals surface area contributed by atoms with Crippen molar-refractivity contribution < 1.29 is 4.79 Å². The van der Waals surface area contributed by atoms with Gasteiger partial charge in [-0.3, -0.25) is 9.48 Å². The van der Waals surface area contributed by atoms with Crippen LogP contribution in [0.15, 0.2) is 17.8 Å².